The van der Waals surface area contributed by atoms with Gasteiger partial charge in [0.2, 0.25) is 0 Å². The second-order valence-corrected chi connectivity index (χ2v) is 13.0. The van der Waals surface area contributed by atoms with E-state index in [0.717, 1.165) is 13.2 Å². The van der Waals surface area contributed by atoms with E-state index < -0.39 is 0 Å². The van der Waals surface area contributed by atoms with Crippen LogP contribution in [0, 0.1) is 0 Å². The summed E-state index contributed by atoms with van der Waals surface area (Å²) in [7, 11) is 0. The van der Waals surface area contributed by atoms with Crippen LogP contribution in [0.2, 0.25) is 0 Å². The first-order valence-electron chi connectivity index (χ1n) is 18.2. The van der Waals surface area contributed by atoms with Crippen LogP contribution in [0.3, 0.4) is 0 Å². The van der Waals surface area contributed by atoms with E-state index in [0.29, 0.717) is 24.4 Å². The van der Waals surface area contributed by atoms with Crippen LogP contribution in [0.1, 0.15) is 194 Å². The standard InChI is InChI=1S/C36H70O3/c1-3-23-35(27-21-17-13-9-5-7-11-15-19-25-33-29-31-37-33)39-36(24-4-2)28-22-18-14-10-6-8-12-16-20-26-34-30-32-38-34/h33-36H,3-32H2,1-2H3. The third kappa shape index (κ3) is 19.6. The van der Waals surface area contributed by atoms with Gasteiger partial charge >= 0.3 is 0 Å². The summed E-state index contributed by atoms with van der Waals surface area (Å²) in [5.41, 5.74) is 0. The molecule has 3 nitrogen and oxygen atoms in total. The quantitative estimate of drug-likeness (QED) is 0.0832. The van der Waals surface area contributed by atoms with Gasteiger partial charge < -0.3 is 14.2 Å². The molecule has 0 aromatic carbocycles. The lowest BCUT2D eigenvalue weighted by Crippen LogP contribution is -2.26. The molecule has 2 fully saturated rings. The molecule has 4 unspecified atom stereocenters. The van der Waals surface area contributed by atoms with E-state index >= 15 is 0 Å². The number of ether oxygens (including phenoxy) is 3. The summed E-state index contributed by atoms with van der Waals surface area (Å²) in [6, 6.07) is 0. The van der Waals surface area contributed by atoms with Crippen LogP contribution >= 0.6 is 0 Å². The van der Waals surface area contributed by atoms with Gasteiger partial charge in [-0.1, -0.05) is 142 Å². The van der Waals surface area contributed by atoms with Crippen molar-refractivity contribution in [2.24, 2.45) is 0 Å². The van der Waals surface area contributed by atoms with Gasteiger partial charge in [0.05, 0.1) is 24.4 Å². The summed E-state index contributed by atoms with van der Waals surface area (Å²) >= 11 is 0. The van der Waals surface area contributed by atoms with E-state index in [2.05, 4.69) is 13.8 Å². The number of rotatable bonds is 30. The maximum absolute atomic E-state index is 6.74. The smallest absolute Gasteiger partial charge is 0.0597 e. The van der Waals surface area contributed by atoms with Crippen molar-refractivity contribution < 1.29 is 14.2 Å². The van der Waals surface area contributed by atoms with Gasteiger partial charge in [-0.3, -0.25) is 0 Å². The Morgan fingerprint density at radius 1 is 0.462 bits per heavy atom. The van der Waals surface area contributed by atoms with Crippen molar-refractivity contribution in [2.45, 2.75) is 218 Å². The van der Waals surface area contributed by atoms with Crippen LogP contribution in [0.5, 0.6) is 0 Å². The first-order valence-corrected chi connectivity index (χ1v) is 18.2. The average molecular weight is 551 g/mol. The summed E-state index contributed by atoms with van der Waals surface area (Å²) in [6.07, 6.45) is 40.4. The molecule has 0 saturated carbocycles. The monoisotopic (exact) mass is 551 g/mol. The minimum absolute atomic E-state index is 0.502. The maximum Gasteiger partial charge on any atom is 0.0597 e. The van der Waals surface area contributed by atoms with Gasteiger partial charge in [-0.05, 0) is 51.4 Å². The van der Waals surface area contributed by atoms with Crippen LogP contribution in [0.15, 0.2) is 0 Å². The van der Waals surface area contributed by atoms with E-state index in [1.807, 2.05) is 0 Å². The first-order chi connectivity index (χ1) is 19.3. The van der Waals surface area contributed by atoms with Crippen LogP contribution in [-0.2, 0) is 14.2 Å². The number of hydrogen-bond acceptors (Lipinski definition) is 3. The molecule has 2 aliphatic rings. The predicted octanol–water partition coefficient (Wildman–Crippen LogP) is 11.5. The second-order valence-electron chi connectivity index (χ2n) is 13.0. The van der Waals surface area contributed by atoms with E-state index in [9.17, 15) is 0 Å². The lowest BCUT2D eigenvalue weighted by atomic mass is 10.0. The zero-order chi connectivity index (χ0) is 27.6. The van der Waals surface area contributed by atoms with Crippen molar-refractivity contribution in [1.82, 2.24) is 0 Å². The summed E-state index contributed by atoms with van der Waals surface area (Å²) in [6.45, 7) is 6.67. The highest BCUT2D eigenvalue weighted by molar-refractivity contribution is 4.68. The van der Waals surface area contributed by atoms with Crippen LogP contribution < -0.4 is 0 Å². The Hall–Kier alpha value is -0.120. The molecule has 2 rings (SSSR count). The summed E-state index contributed by atoms with van der Waals surface area (Å²) in [5, 5.41) is 0. The SMILES string of the molecule is CCCC(CCCCCCCCCCCC1CCO1)OC(CCC)CCCCCCCCCCCC1CCO1. The highest BCUT2D eigenvalue weighted by atomic mass is 16.5. The van der Waals surface area contributed by atoms with E-state index in [1.54, 1.807) is 0 Å². The highest BCUT2D eigenvalue weighted by Crippen LogP contribution is 2.23. The van der Waals surface area contributed by atoms with Crippen LogP contribution in [0.25, 0.3) is 0 Å². The lowest BCUT2D eigenvalue weighted by molar-refractivity contribution is -0.0557. The lowest BCUT2D eigenvalue weighted by Gasteiger charge is -2.26. The van der Waals surface area contributed by atoms with Crippen molar-refractivity contribution >= 4 is 0 Å². The molecule has 232 valence electrons. The molecule has 0 amide bonds. The molecule has 39 heavy (non-hydrogen) atoms. The maximum atomic E-state index is 6.74. The largest absolute Gasteiger partial charge is 0.378 e. The fraction of sp³-hybridized carbons (Fsp3) is 1.00. The molecule has 0 aromatic heterocycles. The molecule has 2 aliphatic heterocycles. The van der Waals surface area contributed by atoms with Crippen molar-refractivity contribution in [3.8, 4) is 0 Å². The van der Waals surface area contributed by atoms with E-state index in [-0.39, 0.29) is 0 Å². The first kappa shape index (κ1) is 35.1. The average Bonchev–Trinajstić information content (AvgIpc) is 2.87. The molecule has 0 aromatic rings. The molecular weight excluding hydrogens is 480 g/mol. The zero-order valence-corrected chi connectivity index (χ0v) is 26.7. The van der Waals surface area contributed by atoms with Crippen molar-refractivity contribution in [1.29, 1.82) is 0 Å². The third-order valence-corrected chi connectivity index (χ3v) is 9.30. The van der Waals surface area contributed by atoms with Crippen LogP contribution in [-0.4, -0.2) is 37.6 Å². The van der Waals surface area contributed by atoms with Gasteiger partial charge in [0.1, 0.15) is 0 Å². The summed E-state index contributed by atoms with van der Waals surface area (Å²) in [5.74, 6) is 0. The Morgan fingerprint density at radius 3 is 1.05 bits per heavy atom. The second kappa shape index (κ2) is 25.6. The van der Waals surface area contributed by atoms with Crippen molar-refractivity contribution in [2.75, 3.05) is 13.2 Å². The number of hydrogen-bond donors (Lipinski definition) is 0. The minimum Gasteiger partial charge on any atom is -0.378 e. The molecule has 2 saturated heterocycles. The van der Waals surface area contributed by atoms with Crippen molar-refractivity contribution in [3.63, 3.8) is 0 Å². The van der Waals surface area contributed by atoms with Gasteiger partial charge in [0, 0.05) is 13.2 Å². The molecular formula is C36H70O3. The molecule has 0 bridgehead atoms. The van der Waals surface area contributed by atoms with Gasteiger partial charge in [-0.25, -0.2) is 0 Å². The normalized spacial score (nSPS) is 20.5. The predicted molar refractivity (Wildman–Crippen MR) is 169 cm³/mol. The zero-order valence-electron chi connectivity index (χ0n) is 26.7. The molecule has 0 aliphatic carbocycles. The molecule has 0 radical (unpaired) electrons. The van der Waals surface area contributed by atoms with Crippen LogP contribution in [0.4, 0.5) is 0 Å². The molecule has 4 atom stereocenters. The van der Waals surface area contributed by atoms with E-state index in [4.69, 9.17) is 14.2 Å². The Morgan fingerprint density at radius 2 is 0.769 bits per heavy atom. The summed E-state index contributed by atoms with van der Waals surface area (Å²) < 4.78 is 17.8. The topological polar surface area (TPSA) is 27.7 Å². The van der Waals surface area contributed by atoms with Gasteiger partial charge in [0.15, 0.2) is 0 Å². The molecule has 2 heterocycles. The Labute approximate surface area is 245 Å². The molecule has 0 spiro atoms. The summed E-state index contributed by atoms with van der Waals surface area (Å²) in [4.78, 5) is 0. The molecule has 3 heteroatoms. The Bertz CT molecular complexity index is 458. The molecule has 0 N–H and O–H groups in total. The number of unbranched alkanes of at least 4 members (excludes halogenated alkanes) is 16. The Kier molecular flexibility index (Phi) is 23.0. The van der Waals surface area contributed by atoms with Gasteiger partial charge in [-0.15, -0.1) is 0 Å². The van der Waals surface area contributed by atoms with Gasteiger partial charge in [0.25, 0.3) is 0 Å². The fourth-order valence-corrected chi connectivity index (χ4v) is 6.46. The van der Waals surface area contributed by atoms with E-state index in [1.165, 1.54) is 180 Å². The minimum atomic E-state index is 0.502. The Balaban J connectivity index is 1.38. The third-order valence-electron chi connectivity index (χ3n) is 9.30. The highest BCUT2D eigenvalue weighted by Gasteiger charge is 2.18. The fourth-order valence-electron chi connectivity index (χ4n) is 6.46. The van der Waals surface area contributed by atoms with Crippen molar-refractivity contribution in [3.05, 3.63) is 0 Å². The van der Waals surface area contributed by atoms with Gasteiger partial charge in [-0.2, -0.15) is 0 Å².